The SMILES string of the molecule is C=C1C(=O)[C@@]23[C@H](O)C[C@@H]4C(C)(C)CC[C@H](O)[C@]4(COC(C)=O)[C@H]2CC[C@@H]1[C@@H]3O. The lowest BCUT2D eigenvalue weighted by atomic mass is 9.38. The van der Waals surface area contributed by atoms with Gasteiger partial charge in [0.15, 0.2) is 5.78 Å². The van der Waals surface area contributed by atoms with E-state index in [1.165, 1.54) is 6.92 Å². The van der Waals surface area contributed by atoms with Crippen molar-refractivity contribution in [2.24, 2.45) is 34.0 Å². The predicted molar refractivity (Wildman–Crippen MR) is 101 cm³/mol. The minimum Gasteiger partial charge on any atom is -0.465 e. The second-order valence-electron chi connectivity index (χ2n) is 10.2. The molecule has 0 amide bonds. The summed E-state index contributed by atoms with van der Waals surface area (Å²) in [6, 6.07) is 0. The number of rotatable bonds is 2. The van der Waals surface area contributed by atoms with E-state index in [1.54, 1.807) is 0 Å². The number of ether oxygens (including phenoxy) is 1. The molecule has 0 aliphatic heterocycles. The average Bonchev–Trinajstić information content (AvgIpc) is 2.73. The summed E-state index contributed by atoms with van der Waals surface area (Å²) in [4.78, 5) is 25.1. The minimum absolute atomic E-state index is 0.00781. The van der Waals surface area contributed by atoms with Crippen molar-refractivity contribution in [2.45, 2.75) is 71.2 Å². The normalized spacial score (nSPS) is 49.4. The van der Waals surface area contributed by atoms with Gasteiger partial charge in [0.2, 0.25) is 0 Å². The van der Waals surface area contributed by atoms with Crippen molar-refractivity contribution in [3.8, 4) is 0 Å². The fourth-order valence-electron chi connectivity index (χ4n) is 7.55. The third-order valence-corrected chi connectivity index (χ3v) is 8.81. The van der Waals surface area contributed by atoms with E-state index in [-0.39, 0.29) is 29.6 Å². The molecule has 156 valence electrons. The van der Waals surface area contributed by atoms with E-state index in [0.717, 1.165) is 6.42 Å². The first-order chi connectivity index (χ1) is 13.0. The molecule has 0 aromatic carbocycles. The van der Waals surface area contributed by atoms with Gasteiger partial charge in [-0.25, -0.2) is 0 Å². The molecule has 6 heteroatoms. The second kappa shape index (κ2) is 6.13. The number of esters is 1. The Balaban J connectivity index is 1.92. The van der Waals surface area contributed by atoms with Gasteiger partial charge in [-0.2, -0.15) is 0 Å². The lowest BCUT2D eigenvalue weighted by Crippen LogP contribution is -2.72. The number of carbonyl (C=O) groups is 2. The smallest absolute Gasteiger partial charge is 0.302 e. The summed E-state index contributed by atoms with van der Waals surface area (Å²) in [5.41, 5.74) is -2.02. The largest absolute Gasteiger partial charge is 0.465 e. The molecule has 0 aromatic rings. The number of hydrogen-bond acceptors (Lipinski definition) is 6. The van der Waals surface area contributed by atoms with Gasteiger partial charge in [-0.15, -0.1) is 0 Å². The zero-order valence-electron chi connectivity index (χ0n) is 17.0. The van der Waals surface area contributed by atoms with Gasteiger partial charge in [0.25, 0.3) is 0 Å². The number of fused-ring (bicyclic) bond motifs is 3. The van der Waals surface area contributed by atoms with Crippen molar-refractivity contribution in [1.82, 2.24) is 0 Å². The highest BCUT2D eigenvalue weighted by atomic mass is 16.5. The summed E-state index contributed by atoms with van der Waals surface area (Å²) >= 11 is 0. The van der Waals surface area contributed by atoms with Gasteiger partial charge in [-0.05, 0) is 54.9 Å². The summed E-state index contributed by atoms with van der Waals surface area (Å²) in [7, 11) is 0. The van der Waals surface area contributed by atoms with Crippen LogP contribution < -0.4 is 0 Å². The predicted octanol–water partition coefficient (Wildman–Crippen LogP) is 1.61. The summed E-state index contributed by atoms with van der Waals surface area (Å²) in [5.74, 6) is -1.62. The summed E-state index contributed by atoms with van der Waals surface area (Å²) in [6.45, 7) is 9.52. The van der Waals surface area contributed by atoms with Crippen LogP contribution in [0.15, 0.2) is 12.2 Å². The van der Waals surface area contributed by atoms with Crippen LogP contribution in [0.1, 0.15) is 52.9 Å². The molecule has 8 atom stereocenters. The zero-order chi connectivity index (χ0) is 20.6. The zero-order valence-corrected chi connectivity index (χ0v) is 17.0. The molecule has 4 rings (SSSR count). The van der Waals surface area contributed by atoms with Crippen LogP contribution in [0.2, 0.25) is 0 Å². The number of Topliss-reactive ketones (excluding diaryl/α,β-unsaturated/α-hetero) is 1. The number of carbonyl (C=O) groups excluding carboxylic acids is 2. The minimum atomic E-state index is -1.36. The van der Waals surface area contributed by atoms with Gasteiger partial charge in [0.1, 0.15) is 0 Å². The van der Waals surface area contributed by atoms with E-state index in [9.17, 15) is 24.9 Å². The monoisotopic (exact) mass is 392 g/mol. The molecule has 0 saturated heterocycles. The molecule has 4 saturated carbocycles. The molecule has 4 aliphatic carbocycles. The molecule has 4 aliphatic rings. The van der Waals surface area contributed by atoms with Crippen LogP contribution in [0.5, 0.6) is 0 Å². The molecule has 0 unspecified atom stereocenters. The Kier molecular flexibility index (Phi) is 4.39. The fraction of sp³-hybridized carbons (Fsp3) is 0.818. The number of aliphatic hydroxyl groups excluding tert-OH is 3. The second-order valence-corrected chi connectivity index (χ2v) is 10.2. The third-order valence-electron chi connectivity index (χ3n) is 8.81. The molecule has 0 heterocycles. The van der Waals surface area contributed by atoms with Crippen molar-refractivity contribution in [3.05, 3.63) is 12.2 Å². The van der Waals surface area contributed by atoms with Gasteiger partial charge >= 0.3 is 5.97 Å². The Hall–Kier alpha value is -1.24. The van der Waals surface area contributed by atoms with Crippen molar-refractivity contribution < 1.29 is 29.6 Å². The lowest BCUT2D eigenvalue weighted by molar-refractivity contribution is -0.268. The average molecular weight is 392 g/mol. The Morgan fingerprint density at radius 3 is 2.46 bits per heavy atom. The molecule has 1 spiro atoms. The molecule has 0 aromatic heterocycles. The summed E-state index contributed by atoms with van der Waals surface area (Å²) < 4.78 is 5.49. The lowest BCUT2D eigenvalue weighted by Gasteiger charge is -2.66. The van der Waals surface area contributed by atoms with Crippen LogP contribution in [-0.2, 0) is 14.3 Å². The van der Waals surface area contributed by atoms with E-state index in [0.29, 0.717) is 31.3 Å². The van der Waals surface area contributed by atoms with Crippen LogP contribution in [0.4, 0.5) is 0 Å². The Bertz CT molecular complexity index is 729. The van der Waals surface area contributed by atoms with Crippen LogP contribution in [0, 0.1) is 34.0 Å². The first-order valence-electron chi connectivity index (χ1n) is 10.4. The van der Waals surface area contributed by atoms with Gasteiger partial charge in [0, 0.05) is 18.3 Å². The molecule has 4 fully saturated rings. The van der Waals surface area contributed by atoms with E-state index in [4.69, 9.17) is 4.74 Å². The van der Waals surface area contributed by atoms with Crippen LogP contribution >= 0.6 is 0 Å². The highest BCUT2D eigenvalue weighted by molar-refractivity contribution is 6.04. The van der Waals surface area contributed by atoms with Crippen molar-refractivity contribution >= 4 is 11.8 Å². The maximum absolute atomic E-state index is 13.4. The molecular formula is C22H32O6. The van der Waals surface area contributed by atoms with Gasteiger partial charge in [-0.3, -0.25) is 9.59 Å². The van der Waals surface area contributed by atoms with Crippen LogP contribution in [-0.4, -0.2) is 52.0 Å². The van der Waals surface area contributed by atoms with E-state index < -0.39 is 41.0 Å². The standard InChI is InChI=1S/C22H32O6/c1-11-13-5-6-14-21(10-28-12(2)23)15(20(3,4)8-7-16(21)24)9-17(25)22(14,18(11)26)19(13)27/h13-17,19,24-25,27H,1,5-10H2,2-4H3/t13-,14+,15+,16-,17+,19-,21+,22-/m0/s1. The van der Waals surface area contributed by atoms with Crippen molar-refractivity contribution in [3.63, 3.8) is 0 Å². The highest BCUT2D eigenvalue weighted by Crippen LogP contribution is 2.71. The molecule has 2 bridgehead atoms. The first-order valence-corrected chi connectivity index (χ1v) is 10.4. The summed E-state index contributed by atoms with van der Waals surface area (Å²) in [6.07, 6.45) is 0.0486. The Morgan fingerprint density at radius 1 is 1.14 bits per heavy atom. The molecule has 0 radical (unpaired) electrons. The maximum Gasteiger partial charge on any atom is 0.302 e. The van der Waals surface area contributed by atoms with Crippen molar-refractivity contribution in [2.75, 3.05) is 6.61 Å². The van der Waals surface area contributed by atoms with E-state index in [1.807, 2.05) is 0 Å². The first kappa shape index (κ1) is 20.0. The third kappa shape index (κ3) is 2.20. The van der Waals surface area contributed by atoms with Crippen LogP contribution in [0.25, 0.3) is 0 Å². The number of hydrogen-bond donors (Lipinski definition) is 3. The number of ketones is 1. The van der Waals surface area contributed by atoms with Crippen LogP contribution in [0.3, 0.4) is 0 Å². The molecule has 3 N–H and O–H groups in total. The molecule has 6 nitrogen and oxygen atoms in total. The van der Waals surface area contributed by atoms with E-state index >= 15 is 0 Å². The summed E-state index contributed by atoms with van der Waals surface area (Å²) in [5, 5.41) is 33.8. The maximum atomic E-state index is 13.4. The van der Waals surface area contributed by atoms with Crippen molar-refractivity contribution in [1.29, 1.82) is 0 Å². The quantitative estimate of drug-likeness (QED) is 0.487. The highest BCUT2D eigenvalue weighted by Gasteiger charge is 2.76. The van der Waals surface area contributed by atoms with Gasteiger partial charge in [-0.1, -0.05) is 20.4 Å². The fourth-order valence-corrected chi connectivity index (χ4v) is 7.55. The molecular weight excluding hydrogens is 360 g/mol. The van der Waals surface area contributed by atoms with E-state index in [2.05, 4.69) is 20.4 Å². The van der Waals surface area contributed by atoms with Gasteiger partial charge < -0.3 is 20.1 Å². The topological polar surface area (TPSA) is 104 Å². The number of aliphatic hydroxyl groups is 3. The molecule has 28 heavy (non-hydrogen) atoms. The Labute approximate surface area is 166 Å². The Morgan fingerprint density at radius 2 is 1.82 bits per heavy atom. The van der Waals surface area contributed by atoms with Gasteiger partial charge in [0.05, 0.1) is 30.3 Å².